The van der Waals surface area contributed by atoms with Crippen LogP contribution in [-0.2, 0) is 6.42 Å². The number of hydrogen-bond acceptors (Lipinski definition) is 3. The predicted molar refractivity (Wildman–Crippen MR) is 145 cm³/mol. The van der Waals surface area contributed by atoms with Crippen LogP contribution in [0.25, 0.3) is 5.57 Å². The lowest BCUT2D eigenvalue weighted by atomic mass is 9.85. The van der Waals surface area contributed by atoms with Crippen LogP contribution in [0.1, 0.15) is 109 Å². The summed E-state index contributed by atoms with van der Waals surface area (Å²) in [5.74, 6) is 0. The highest BCUT2D eigenvalue weighted by atomic mass is 16.3. The monoisotopic (exact) mass is 468 g/mol. The average molecular weight is 469 g/mol. The zero-order valence-electron chi connectivity index (χ0n) is 21.9. The summed E-state index contributed by atoms with van der Waals surface area (Å²) < 4.78 is 0. The second kappa shape index (κ2) is 14.7. The Bertz CT molecular complexity index is 812. The van der Waals surface area contributed by atoms with Gasteiger partial charge in [0.2, 0.25) is 0 Å². The zero-order valence-corrected chi connectivity index (χ0v) is 21.9. The van der Waals surface area contributed by atoms with Crippen molar-refractivity contribution in [2.45, 2.75) is 122 Å². The molecule has 0 spiro atoms. The summed E-state index contributed by atoms with van der Waals surface area (Å²) in [6.07, 6.45) is 16.5. The molecular formula is C31H48O3. The normalized spacial score (nSPS) is 20.8. The van der Waals surface area contributed by atoms with Gasteiger partial charge >= 0.3 is 0 Å². The van der Waals surface area contributed by atoms with E-state index in [-0.39, 0.29) is 0 Å². The number of allylic oxidation sites excluding steroid dienone is 3. The highest BCUT2D eigenvalue weighted by molar-refractivity contribution is 5.68. The molecule has 0 radical (unpaired) electrons. The van der Waals surface area contributed by atoms with Crippen LogP contribution in [-0.4, -0.2) is 33.1 Å². The van der Waals surface area contributed by atoms with E-state index in [9.17, 15) is 15.3 Å². The first kappa shape index (κ1) is 28.6. The maximum atomic E-state index is 10.2. The van der Waals surface area contributed by atoms with E-state index >= 15 is 0 Å². The molecule has 1 aliphatic rings. The topological polar surface area (TPSA) is 60.7 Å². The van der Waals surface area contributed by atoms with Gasteiger partial charge < -0.3 is 15.3 Å². The Balaban J connectivity index is 2.10. The molecule has 0 bridgehead atoms. The molecule has 1 fully saturated rings. The standard InChI is InChI=1S/C31H48O3/c1-5-6-7-8-11-16-26(18-19-27-22-29(32)23-30(33)24(27)2)28-17-13-15-25(21-28)14-10-9-12-20-31(3,4)34/h13,15,17-19,21,29-30,32-34H,2,5-12,14,16,20,22-23H2,1,3-4H3/t29-,30+/m1/s1. The Labute approximate surface area is 208 Å². The van der Waals surface area contributed by atoms with E-state index in [0.717, 1.165) is 49.7 Å². The lowest BCUT2D eigenvalue weighted by molar-refractivity contribution is 0.0680. The number of hydrogen-bond donors (Lipinski definition) is 3. The Hall–Kier alpha value is -1.68. The van der Waals surface area contributed by atoms with E-state index in [2.05, 4.69) is 49.9 Å². The third kappa shape index (κ3) is 10.7. The van der Waals surface area contributed by atoms with Gasteiger partial charge in [0.15, 0.2) is 0 Å². The van der Waals surface area contributed by atoms with Crippen molar-refractivity contribution in [3.8, 4) is 0 Å². The average Bonchev–Trinajstić information content (AvgIpc) is 2.78. The minimum absolute atomic E-state index is 0.377. The fourth-order valence-corrected chi connectivity index (χ4v) is 4.69. The lowest BCUT2D eigenvalue weighted by Crippen LogP contribution is -2.26. The van der Waals surface area contributed by atoms with Crippen LogP contribution >= 0.6 is 0 Å². The second-order valence-electron chi connectivity index (χ2n) is 10.8. The van der Waals surface area contributed by atoms with E-state index < -0.39 is 17.8 Å². The van der Waals surface area contributed by atoms with Gasteiger partial charge in [-0.15, -0.1) is 0 Å². The van der Waals surface area contributed by atoms with Gasteiger partial charge in [0.25, 0.3) is 0 Å². The zero-order chi connectivity index (χ0) is 25.0. The molecule has 0 saturated heterocycles. The minimum Gasteiger partial charge on any atom is -0.393 e. The molecule has 2 atom stereocenters. The number of aliphatic hydroxyl groups excluding tert-OH is 2. The third-order valence-corrected chi connectivity index (χ3v) is 6.85. The van der Waals surface area contributed by atoms with Crippen molar-refractivity contribution in [3.63, 3.8) is 0 Å². The quantitative estimate of drug-likeness (QED) is 0.251. The summed E-state index contributed by atoms with van der Waals surface area (Å²) in [4.78, 5) is 0. The first-order valence-corrected chi connectivity index (χ1v) is 13.5. The fourth-order valence-electron chi connectivity index (χ4n) is 4.69. The lowest BCUT2D eigenvalue weighted by Gasteiger charge is -2.26. The highest BCUT2D eigenvalue weighted by Gasteiger charge is 2.24. The summed E-state index contributed by atoms with van der Waals surface area (Å²) >= 11 is 0. The largest absolute Gasteiger partial charge is 0.393 e. The maximum absolute atomic E-state index is 10.2. The van der Waals surface area contributed by atoms with Crippen LogP contribution in [0.2, 0.25) is 0 Å². The summed E-state index contributed by atoms with van der Waals surface area (Å²) in [5, 5.41) is 30.2. The van der Waals surface area contributed by atoms with Gasteiger partial charge in [-0.2, -0.15) is 0 Å². The molecule has 3 nitrogen and oxygen atoms in total. The highest BCUT2D eigenvalue weighted by Crippen LogP contribution is 2.30. The molecule has 0 amide bonds. The SMILES string of the molecule is C=C1C(=CC=C(CCCCCCC)c2cccc(CCCCCC(C)(C)O)c2)C[C@@H](O)C[C@@H]1O. The number of aliphatic hydroxyl groups is 3. The maximum Gasteiger partial charge on any atom is 0.0811 e. The van der Waals surface area contributed by atoms with E-state index in [4.69, 9.17) is 0 Å². The van der Waals surface area contributed by atoms with Gasteiger partial charge in [-0.1, -0.05) is 88.4 Å². The van der Waals surface area contributed by atoms with Crippen LogP contribution in [0.3, 0.4) is 0 Å². The van der Waals surface area contributed by atoms with Crippen LogP contribution in [0.15, 0.2) is 54.1 Å². The van der Waals surface area contributed by atoms with Crippen LogP contribution < -0.4 is 0 Å². The van der Waals surface area contributed by atoms with Crippen molar-refractivity contribution >= 4 is 5.57 Å². The van der Waals surface area contributed by atoms with Gasteiger partial charge in [0.1, 0.15) is 0 Å². The van der Waals surface area contributed by atoms with E-state index in [1.807, 2.05) is 13.8 Å². The fraction of sp³-hybridized carbons (Fsp3) is 0.613. The van der Waals surface area contributed by atoms with Crippen LogP contribution in [0.5, 0.6) is 0 Å². The van der Waals surface area contributed by atoms with Gasteiger partial charge in [-0.25, -0.2) is 0 Å². The van der Waals surface area contributed by atoms with Gasteiger partial charge in [0, 0.05) is 6.42 Å². The molecule has 0 aromatic heterocycles. The molecule has 0 aliphatic heterocycles. The van der Waals surface area contributed by atoms with Gasteiger partial charge in [-0.3, -0.25) is 0 Å². The molecule has 0 heterocycles. The van der Waals surface area contributed by atoms with Crippen molar-refractivity contribution in [1.82, 2.24) is 0 Å². The van der Waals surface area contributed by atoms with Crippen molar-refractivity contribution in [3.05, 3.63) is 65.3 Å². The molecule has 1 aliphatic carbocycles. The Morgan fingerprint density at radius 2 is 1.79 bits per heavy atom. The first-order valence-electron chi connectivity index (χ1n) is 13.5. The Morgan fingerprint density at radius 1 is 1.06 bits per heavy atom. The number of aryl methyl sites for hydroxylation is 1. The smallest absolute Gasteiger partial charge is 0.0811 e. The number of rotatable bonds is 14. The summed E-state index contributed by atoms with van der Waals surface area (Å²) in [7, 11) is 0. The summed E-state index contributed by atoms with van der Waals surface area (Å²) in [6, 6.07) is 8.90. The molecule has 3 heteroatoms. The minimum atomic E-state index is -0.652. The van der Waals surface area contributed by atoms with Crippen molar-refractivity contribution < 1.29 is 15.3 Å². The predicted octanol–water partition coefficient (Wildman–Crippen LogP) is 7.30. The molecule has 190 valence electrons. The summed E-state index contributed by atoms with van der Waals surface area (Å²) in [6.45, 7) is 10.1. The van der Waals surface area contributed by atoms with Crippen LogP contribution in [0.4, 0.5) is 0 Å². The molecule has 1 saturated carbocycles. The molecule has 1 aromatic carbocycles. The number of benzene rings is 1. The van der Waals surface area contributed by atoms with Crippen molar-refractivity contribution in [1.29, 1.82) is 0 Å². The second-order valence-corrected chi connectivity index (χ2v) is 10.8. The summed E-state index contributed by atoms with van der Waals surface area (Å²) in [5.41, 5.74) is 5.07. The van der Waals surface area contributed by atoms with E-state index in [1.165, 1.54) is 48.8 Å². The molecule has 3 N–H and O–H groups in total. The molecule has 1 aromatic rings. The van der Waals surface area contributed by atoms with Crippen molar-refractivity contribution in [2.24, 2.45) is 0 Å². The Morgan fingerprint density at radius 3 is 2.53 bits per heavy atom. The number of unbranched alkanes of at least 4 members (excludes halogenated alkanes) is 6. The van der Waals surface area contributed by atoms with Gasteiger partial charge in [0.05, 0.1) is 17.8 Å². The molecule has 34 heavy (non-hydrogen) atoms. The van der Waals surface area contributed by atoms with E-state index in [0.29, 0.717) is 12.8 Å². The van der Waals surface area contributed by atoms with Crippen LogP contribution in [0, 0.1) is 0 Å². The first-order chi connectivity index (χ1) is 16.2. The molecule has 2 rings (SSSR count). The third-order valence-electron chi connectivity index (χ3n) is 6.85. The van der Waals surface area contributed by atoms with Crippen molar-refractivity contribution in [2.75, 3.05) is 0 Å². The Kier molecular flexibility index (Phi) is 12.3. The molecule has 0 unspecified atom stereocenters. The van der Waals surface area contributed by atoms with Gasteiger partial charge in [-0.05, 0) is 80.2 Å². The molecular weight excluding hydrogens is 420 g/mol. The van der Waals surface area contributed by atoms with E-state index in [1.54, 1.807) is 0 Å².